The van der Waals surface area contributed by atoms with Crippen molar-refractivity contribution >= 4 is 54.3 Å². The van der Waals surface area contributed by atoms with Gasteiger partial charge in [-0.25, -0.2) is 0 Å². The van der Waals surface area contributed by atoms with E-state index in [1.807, 2.05) is 0 Å². The molecule has 8 rings (SSSR count). The van der Waals surface area contributed by atoms with Crippen LogP contribution in [0.5, 0.6) is 121 Å². The lowest BCUT2D eigenvalue weighted by Crippen LogP contribution is -1.96. The van der Waals surface area contributed by atoms with E-state index in [1.54, 1.807) is 0 Å². The number of aromatic hydroxyl groups is 21. The molecule has 298 valence electrons. The quantitative estimate of drug-likeness (QED) is 0.0661. The molecule has 0 spiro atoms. The molecule has 0 saturated heterocycles. The minimum atomic E-state index is -1.64. The fourth-order valence-electron chi connectivity index (χ4n) is 7.28. The Morgan fingerprint density at radius 3 is 0.966 bits per heavy atom. The van der Waals surface area contributed by atoms with Crippen LogP contribution in [0.3, 0.4) is 0 Å². The summed E-state index contributed by atoms with van der Waals surface area (Å²) in [6, 6.07) is 0.673. The van der Waals surface area contributed by atoms with Crippen LogP contribution >= 0.6 is 0 Å². The van der Waals surface area contributed by atoms with Gasteiger partial charge < -0.3 is 112 Å². The summed E-state index contributed by atoms with van der Waals surface area (Å²) in [6.45, 7) is 0. The minimum Gasteiger partial charge on any atom is -0.506 e. The van der Waals surface area contributed by atoms with Gasteiger partial charge in [-0.15, -0.1) is 0 Å². The van der Waals surface area contributed by atoms with Gasteiger partial charge in [-0.05, 0) is 6.07 Å². The first kappa shape index (κ1) is 35.9. The molecule has 22 heteroatoms. The van der Waals surface area contributed by atoms with Gasteiger partial charge in [-0.2, -0.15) is 0 Å². The van der Waals surface area contributed by atoms with Crippen molar-refractivity contribution in [1.29, 1.82) is 0 Å². The van der Waals surface area contributed by atoms with Crippen molar-refractivity contribution in [3.63, 3.8) is 0 Å². The first-order valence-electron chi connectivity index (χ1n) is 15.7. The average molecular weight is 807 g/mol. The molecule has 1 heterocycles. The Kier molecular flexibility index (Phi) is 6.81. The van der Waals surface area contributed by atoms with E-state index in [-0.39, 0.29) is 0 Å². The van der Waals surface area contributed by atoms with Crippen LogP contribution in [0.1, 0.15) is 0 Å². The van der Waals surface area contributed by atoms with Crippen LogP contribution in [-0.2, 0) is 0 Å². The largest absolute Gasteiger partial charge is 0.506 e. The number of benzene rings is 7. The summed E-state index contributed by atoms with van der Waals surface area (Å²) in [7, 11) is 0. The van der Waals surface area contributed by atoms with E-state index >= 15 is 0 Å². The van der Waals surface area contributed by atoms with Crippen LogP contribution in [0.25, 0.3) is 76.5 Å². The smallest absolute Gasteiger partial charge is 0.208 e. The van der Waals surface area contributed by atoms with E-state index in [0.717, 1.165) is 0 Å². The molecule has 0 fully saturated rings. The Labute approximate surface area is 314 Å². The van der Waals surface area contributed by atoms with Crippen molar-refractivity contribution in [3.8, 4) is 143 Å². The van der Waals surface area contributed by atoms with Crippen LogP contribution in [0.4, 0.5) is 0 Å². The summed E-state index contributed by atoms with van der Waals surface area (Å²) in [5.41, 5.74) is -6.98. The first-order valence-corrected chi connectivity index (χ1v) is 15.7. The highest BCUT2D eigenvalue weighted by atomic mass is 16.4. The van der Waals surface area contributed by atoms with Crippen LogP contribution in [-0.4, -0.2) is 107 Å². The van der Waals surface area contributed by atoms with E-state index in [2.05, 4.69) is 0 Å². The zero-order valence-electron chi connectivity index (χ0n) is 27.9. The molecule has 7 aromatic carbocycles. The standard InChI is InChI=1S/C36H22O22/c37-3-1-2-4(19(42)16(3)39)17(40)13-14-18(41)11(26(49)34(57)36(14)58-35(13)15(2)38)5-7-9(22(45)29(52)27(50)20(7)43)6(10-8(5)21(44)28(51)30(53)23(10)46)12-24(47)31(54)33(56)32(55)25(12)48/h1,37-57H. The summed E-state index contributed by atoms with van der Waals surface area (Å²) in [6.07, 6.45) is 0. The summed E-state index contributed by atoms with van der Waals surface area (Å²) in [5.74, 6) is -31.2. The Hall–Kier alpha value is -9.08. The molecule has 1 aromatic heterocycles. The molecule has 22 nitrogen and oxygen atoms in total. The number of furan rings is 1. The molecule has 0 aliphatic heterocycles. The number of phenolic OH excluding ortho intramolecular Hbond substituents is 21. The molecular weight excluding hydrogens is 784 g/mol. The molecule has 0 amide bonds. The highest BCUT2D eigenvalue weighted by molar-refractivity contribution is 6.32. The zero-order valence-corrected chi connectivity index (χ0v) is 27.9. The molecule has 0 aliphatic rings. The highest BCUT2D eigenvalue weighted by Crippen LogP contribution is 2.68. The topological polar surface area (TPSA) is 438 Å². The minimum absolute atomic E-state index is 0.586. The Balaban J connectivity index is 1.74. The predicted molar refractivity (Wildman–Crippen MR) is 192 cm³/mol. The van der Waals surface area contributed by atoms with Gasteiger partial charge in [0.2, 0.25) is 51.7 Å². The van der Waals surface area contributed by atoms with Crippen LogP contribution in [0.2, 0.25) is 0 Å². The first-order chi connectivity index (χ1) is 27.1. The molecule has 0 aliphatic carbocycles. The molecule has 58 heavy (non-hydrogen) atoms. The highest BCUT2D eigenvalue weighted by Gasteiger charge is 2.39. The fraction of sp³-hybridized carbons (Fsp3) is 0. The Bertz CT molecular complexity index is 3180. The second-order valence-electron chi connectivity index (χ2n) is 12.8. The monoisotopic (exact) mass is 806 g/mol. The lowest BCUT2D eigenvalue weighted by atomic mass is 9.82. The van der Waals surface area contributed by atoms with Gasteiger partial charge in [0.25, 0.3) is 0 Å². The third kappa shape index (κ3) is 3.92. The third-order valence-electron chi connectivity index (χ3n) is 9.92. The summed E-state index contributed by atoms with van der Waals surface area (Å²) in [5, 5.41) is 222. The number of hydrogen-bond acceptors (Lipinski definition) is 22. The summed E-state index contributed by atoms with van der Waals surface area (Å²) in [4.78, 5) is 0. The van der Waals surface area contributed by atoms with Crippen LogP contribution < -0.4 is 0 Å². The van der Waals surface area contributed by atoms with Gasteiger partial charge in [0.1, 0.15) is 11.5 Å². The lowest BCUT2D eigenvalue weighted by molar-refractivity contribution is 0.330. The van der Waals surface area contributed by atoms with E-state index in [4.69, 9.17) is 4.42 Å². The molecule has 0 unspecified atom stereocenters. The van der Waals surface area contributed by atoms with Gasteiger partial charge in [0, 0.05) is 38.1 Å². The maximum absolute atomic E-state index is 12.1. The van der Waals surface area contributed by atoms with E-state index in [0.29, 0.717) is 6.07 Å². The number of fused-ring (bicyclic) bond motifs is 6. The fourth-order valence-corrected chi connectivity index (χ4v) is 7.28. The van der Waals surface area contributed by atoms with Gasteiger partial charge >= 0.3 is 0 Å². The van der Waals surface area contributed by atoms with E-state index in [9.17, 15) is 107 Å². The zero-order chi connectivity index (χ0) is 42.6. The predicted octanol–water partition coefficient (Wildman–Crippen LogP) is 4.20. The molecular formula is C36H22O22. The van der Waals surface area contributed by atoms with Gasteiger partial charge in [0.15, 0.2) is 68.7 Å². The number of rotatable bonds is 2. The van der Waals surface area contributed by atoms with Crippen LogP contribution in [0.15, 0.2) is 10.5 Å². The van der Waals surface area contributed by atoms with Gasteiger partial charge in [0.05, 0.1) is 27.3 Å². The van der Waals surface area contributed by atoms with Crippen molar-refractivity contribution in [2.24, 2.45) is 0 Å². The van der Waals surface area contributed by atoms with Gasteiger partial charge in [-0.1, -0.05) is 0 Å². The average Bonchev–Trinajstić information content (AvgIpc) is 3.61. The number of hydrogen-bond donors (Lipinski definition) is 21. The number of phenols is 21. The maximum Gasteiger partial charge on any atom is 0.208 e. The van der Waals surface area contributed by atoms with Crippen molar-refractivity contribution < 1.29 is 112 Å². The van der Waals surface area contributed by atoms with E-state index in [1.165, 1.54) is 0 Å². The lowest BCUT2D eigenvalue weighted by Gasteiger charge is -2.24. The molecule has 21 N–H and O–H groups in total. The van der Waals surface area contributed by atoms with Crippen molar-refractivity contribution in [1.82, 2.24) is 0 Å². The molecule has 0 radical (unpaired) electrons. The Morgan fingerprint density at radius 1 is 0.224 bits per heavy atom. The molecule has 0 atom stereocenters. The van der Waals surface area contributed by atoms with E-state index < -0.39 is 197 Å². The SMILES string of the molecule is Oc1cc2c(O)c3oc4c(O)c(O)c(-c5c6c(O)c(O)c(O)c(O)c6c(-c6c(O)c(O)c(O)c(O)c6O)c6c(O)c(O)c(O)c(O)c56)c(O)c4c3c(O)c2c(O)c1O. The second-order valence-corrected chi connectivity index (χ2v) is 12.8. The van der Waals surface area contributed by atoms with Crippen molar-refractivity contribution in [2.45, 2.75) is 0 Å². The normalized spacial score (nSPS) is 11.9. The van der Waals surface area contributed by atoms with Crippen LogP contribution in [0, 0.1) is 0 Å². The van der Waals surface area contributed by atoms with Crippen molar-refractivity contribution in [2.75, 3.05) is 0 Å². The third-order valence-corrected chi connectivity index (χ3v) is 9.92. The molecule has 0 bridgehead atoms. The maximum atomic E-state index is 12.1. The molecule has 0 saturated carbocycles. The summed E-state index contributed by atoms with van der Waals surface area (Å²) < 4.78 is 5.48. The molecule has 8 aromatic rings. The van der Waals surface area contributed by atoms with Crippen molar-refractivity contribution in [3.05, 3.63) is 6.07 Å². The second kappa shape index (κ2) is 11.0. The Morgan fingerprint density at radius 2 is 0.534 bits per heavy atom. The van der Waals surface area contributed by atoms with Gasteiger partial charge in [-0.3, -0.25) is 0 Å². The summed E-state index contributed by atoms with van der Waals surface area (Å²) >= 11 is 0.